The van der Waals surface area contributed by atoms with Crippen molar-refractivity contribution in [2.75, 3.05) is 0 Å². The Bertz CT molecular complexity index is 1370. The molecule has 0 amide bonds. The van der Waals surface area contributed by atoms with Gasteiger partial charge in [0.25, 0.3) is 0 Å². The first-order valence-corrected chi connectivity index (χ1v) is 9.04. The molecule has 28 heavy (non-hydrogen) atoms. The second-order valence-corrected chi connectivity index (χ2v) is 6.64. The molecule has 0 aliphatic carbocycles. The van der Waals surface area contributed by atoms with E-state index in [1.165, 1.54) is 5.39 Å². The molecule has 0 bridgehead atoms. The van der Waals surface area contributed by atoms with E-state index in [2.05, 4.69) is 62.0 Å². The Balaban J connectivity index is 1.52. The van der Waals surface area contributed by atoms with Gasteiger partial charge >= 0.3 is 0 Å². The predicted octanol–water partition coefficient (Wildman–Crippen LogP) is 5.38. The lowest BCUT2D eigenvalue weighted by Crippen LogP contribution is -1.95. The number of hydrogen-bond acceptors (Lipinski definition) is 4. The van der Waals surface area contributed by atoms with Gasteiger partial charge in [0.1, 0.15) is 11.2 Å². The summed E-state index contributed by atoms with van der Waals surface area (Å²) in [5, 5.41) is 2.34. The Morgan fingerprint density at radius 3 is 2.54 bits per heavy atom. The third-order valence-corrected chi connectivity index (χ3v) is 5.00. The minimum Gasteiger partial charge on any atom is -0.434 e. The normalized spacial score (nSPS) is 11.6. The van der Waals surface area contributed by atoms with E-state index in [0.29, 0.717) is 11.5 Å². The molecule has 0 saturated carbocycles. The van der Waals surface area contributed by atoms with Crippen LogP contribution in [0.2, 0.25) is 0 Å². The molecule has 0 atom stereocenters. The van der Waals surface area contributed by atoms with Crippen LogP contribution in [-0.4, -0.2) is 19.5 Å². The number of fused-ring (bicyclic) bond motifs is 4. The predicted molar refractivity (Wildman–Crippen MR) is 109 cm³/mol. The van der Waals surface area contributed by atoms with Gasteiger partial charge in [0.15, 0.2) is 5.58 Å². The number of hydrogen-bond donors (Lipinski definition) is 0. The molecule has 0 N–H and O–H groups in total. The van der Waals surface area contributed by atoms with E-state index in [4.69, 9.17) is 4.42 Å². The third kappa shape index (κ3) is 2.16. The number of aromatic nitrogens is 4. The molecule has 6 aromatic rings. The molecule has 0 unspecified atom stereocenters. The van der Waals surface area contributed by atoms with Crippen LogP contribution in [0.4, 0.5) is 0 Å². The Morgan fingerprint density at radius 1 is 0.786 bits per heavy atom. The lowest BCUT2D eigenvalue weighted by Gasteiger charge is -2.07. The van der Waals surface area contributed by atoms with Crippen LogP contribution in [0.15, 0.2) is 89.7 Å². The first-order chi connectivity index (χ1) is 13.9. The second kappa shape index (κ2) is 5.76. The summed E-state index contributed by atoms with van der Waals surface area (Å²) in [6.07, 6.45) is 5.23. The average molecular weight is 362 g/mol. The van der Waals surface area contributed by atoms with Crippen LogP contribution in [0.25, 0.3) is 50.2 Å². The van der Waals surface area contributed by atoms with Gasteiger partial charge < -0.3 is 4.42 Å². The van der Waals surface area contributed by atoms with E-state index >= 15 is 0 Å². The van der Waals surface area contributed by atoms with Crippen molar-refractivity contribution in [3.63, 3.8) is 0 Å². The largest absolute Gasteiger partial charge is 0.434 e. The van der Waals surface area contributed by atoms with Crippen LogP contribution in [0, 0.1) is 0 Å². The van der Waals surface area contributed by atoms with E-state index < -0.39 is 0 Å². The molecule has 5 nitrogen and oxygen atoms in total. The maximum atomic E-state index is 5.83. The van der Waals surface area contributed by atoms with E-state index in [0.717, 1.165) is 33.3 Å². The van der Waals surface area contributed by atoms with Crippen LogP contribution in [-0.2, 0) is 0 Å². The quantitative estimate of drug-likeness (QED) is 0.415. The van der Waals surface area contributed by atoms with Crippen molar-refractivity contribution in [2.24, 2.45) is 0 Å². The highest BCUT2D eigenvalue weighted by Crippen LogP contribution is 2.31. The van der Waals surface area contributed by atoms with Gasteiger partial charge in [-0.2, -0.15) is 0 Å². The first kappa shape index (κ1) is 15.1. The number of rotatable bonds is 2. The number of nitrogens with zero attached hydrogens (tertiary/aromatic N) is 4. The van der Waals surface area contributed by atoms with Crippen molar-refractivity contribution in [1.29, 1.82) is 0 Å². The van der Waals surface area contributed by atoms with Crippen LogP contribution >= 0.6 is 0 Å². The molecule has 5 heteroatoms. The van der Waals surface area contributed by atoms with Crippen molar-refractivity contribution in [3.05, 3.63) is 85.3 Å². The van der Waals surface area contributed by atoms with Crippen LogP contribution in [0.5, 0.6) is 0 Å². The summed E-state index contributed by atoms with van der Waals surface area (Å²) in [6.45, 7) is 0. The number of para-hydroxylation sites is 1. The molecule has 0 spiro atoms. The Hall–Kier alpha value is -3.99. The fraction of sp³-hybridized carbons (Fsp3) is 0. The first-order valence-electron chi connectivity index (χ1n) is 9.04. The van der Waals surface area contributed by atoms with Crippen molar-refractivity contribution >= 4 is 33.0 Å². The maximum absolute atomic E-state index is 5.83. The van der Waals surface area contributed by atoms with E-state index in [-0.39, 0.29) is 0 Å². The molecule has 4 aromatic heterocycles. The van der Waals surface area contributed by atoms with Gasteiger partial charge in [-0.25, -0.2) is 9.97 Å². The molecular weight excluding hydrogens is 348 g/mol. The zero-order chi connectivity index (χ0) is 18.5. The van der Waals surface area contributed by atoms with E-state index in [9.17, 15) is 0 Å². The molecule has 0 radical (unpaired) electrons. The Kier molecular flexibility index (Phi) is 3.10. The number of pyridine rings is 2. The smallest absolute Gasteiger partial charge is 0.227 e. The van der Waals surface area contributed by atoms with Crippen molar-refractivity contribution in [3.8, 4) is 17.1 Å². The average Bonchev–Trinajstić information content (AvgIpc) is 3.33. The summed E-state index contributed by atoms with van der Waals surface area (Å²) in [5.41, 5.74) is 5.55. The summed E-state index contributed by atoms with van der Waals surface area (Å²) in [6, 6.07) is 22.5. The highest BCUT2D eigenvalue weighted by Gasteiger charge is 2.13. The summed E-state index contributed by atoms with van der Waals surface area (Å²) < 4.78 is 8.02. The van der Waals surface area contributed by atoms with E-state index in [1.54, 1.807) is 12.4 Å². The van der Waals surface area contributed by atoms with Gasteiger partial charge in [-0.1, -0.05) is 18.2 Å². The maximum Gasteiger partial charge on any atom is 0.227 e. The zero-order valence-corrected chi connectivity index (χ0v) is 14.8. The summed E-state index contributed by atoms with van der Waals surface area (Å²) in [4.78, 5) is 13.3. The summed E-state index contributed by atoms with van der Waals surface area (Å²) in [5.74, 6) is 0.592. The van der Waals surface area contributed by atoms with Crippen molar-refractivity contribution in [1.82, 2.24) is 19.5 Å². The minimum absolute atomic E-state index is 0.592. The monoisotopic (exact) mass is 362 g/mol. The van der Waals surface area contributed by atoms with Crippen LogP contribution in [0.1, 0.15) is 0 Å². The van der Waals surface area contributed by atoms with Crippen molar-refractivity contribution < 1.29 is 4.42 Å². The Labute approximate surface area is 159 Å². The minimum atomic E-state index is 0.592. The zero-order valence-electron chi connectivity index (χ0n) is 14.8. The summed E-state index contributed by atoms with van der Waals surface area (Å²) >= 11 is 0. The molecule has 0 fully saturated rings. The molecule has 0 aliphatic rings. The number of oxazole rings is 1. The highest BCUT2D eigenvalue weighted by molar-refractivity contribution is 6.07. The summed E-state index contributed by atoms with van der Waals surface area (Å²) in [7, 11) is 0. The van der Waals surface area contributed by atoms with Crippen LogP contribution < -0.4 is 0 Å². The lowest BCUT2D eigenvalue weighted by atomic mass is 10.2. The Morgan fingerprint density at radius 2 is 1.64 bits per heavy atom. The highest BCUT2D eigenvalue weighted by atomic mass is 16.3. The topological polar surface area (TPSA) is 56.7 Å². The fourth-order valence-electron chi connectivity index (χ4n) is 3.71. The van der Waals surface area contributed by atoms with Gasteiger partial charge in [0, 0.05) is 34.4 Å². The third-order valence-electron chi connectivity index (χ3n) is 5.00. The fourth-order valence-corrected chi connectivity index (χ4v) is 3.71. The number of benzene rings is 2. The molecular formula is C23H14N4O. The molecule has 0 aliphatic heterocycles. The SMILES string of the molecule is c1ccc2c(c1)c1cccnc1n2-c1ccc(-c2nc3ccncc3o2)cc1. The van der Waals surface area contributed by atoms with Gasteiger partial charge in [-0.3, -0.25) is 9.55 Å². The molecule has 132 valence electrons. The van der Waals surface area contributed by atoms with E-state index in [1.807, 2.05) is 30.5 Å². The van der Waals surface area contributed by atoms with Crippen molar-refractivity contribution in [2.45, 2.75) is 0 Å². The van der Waals surface area contributed by atoms with Gasteiger partial charge in [-0.15, -0.1) is 0 Å². The molecule has 0 saturated heterocycles. The molecule has 2 aromatic carbocycles. The van der Waals surface area contributed by atoms with Gasteiger partial charge in [0.2, 0.25) is 5.89 Å². The standard InChI is InChI=1S/C23H14N4O/c1-2-6-20-17(4-1)18-5-3-12-25-22(18)27(20)16-9-7-15(8-10-16)23-26-19-11-13-24-14-21(19)28-23/h1-14H. The second-order valence-electron chi connectivity index (χ2n) is 6.64. The molecule has 6 rings (SSSR count). The van der Waals surface area contributed by atoms with Crippen LogP contribution in [0.3, 0.4) is 0 Å². The van der Waals surface area contributed by atoms with Gasteiger partial charge in [0.05, 0.1) is 11.7 Å². The van der Waals surface area contributed by atoms with Gasteiger partial charge in [-0.05, 0) is 48.5 Å². The lowest BCUT2D eigenvalue weighted by molar-refractivity contribution is 0.618. The molecule has 4 heterocycles.